The van der Waals surface area contributed by atoms with Gasteiger partial charge in [-0.1, -0.05) is 39.3 Å². The number of likely N-dealkylation sites (N-methyl/N-ethyl adjacent to an activating group) is 1. The molecular formula is C25H32ClFN4O4S. The monoisotopic (exact) mass is 538 g/mol. The molecule has 1 aliphatic rings. The normalized spacial score (nSPS) is 15.2. The second-order valence-corrected chi connectivity index (χ2v) is 11.4. The molecule has 0 saturated carbocycles. The van der Waals surface area contributed by atoms with E-state index < -0.39 is 17.8 Å². The first-order chi connectivity index (χ1) is 17.0. The van der Waals surface area contributed by atoms with E-state index in [2.05, 4.69) is 31.4 Å². The molecule has 2 heterocycles. The van der Waals surface area contributed by atoms with E-state index in [0.29, 0.717) is 41.1 Å². The first kappa shape index (κ1) is 28.0. The number of carbonyl (C=O) groups excluding carboxylic acids is 3. The zero-order valence-corrected chi connectivity index (χ0v) is 22.5. The highest BCUT2D eigenvalue weighted by molar-refractivity contribution is 7.18. The summed E-state index contributed by atoms with van der Waals surface area (Å²) in [6, 6.07) is 6.78. The summed E-state index contributed by atoms with van der Waals surface area (Å²) in [7, 11) is 0. The summed E-state index contributed by atoms with van der Waals surface area (Å²) < 4.78 is 20.6. The smallest absolute Gasteiger partial charge is 0.261 e. The Hall–Kier alpha value is -2.53. The van der Waals surface area contributed by atoms with E-state index in [0.717, 1.165) is 11.3 Å². The van der Waals surface area contributed by atoms with Crippen molar-refractivity contribution in [3.8, 4) is 0 Å². The Morgan fingerprint density at radius 1 is 1.28 bits per heavy atom. The third-order valence-electron chi connectivity index (χ3n) is 5.59. The van der Waals surface area contributed by atoms with E-state index in [4.69, 9.17) is 16.3 Å². The fourth-order valence-corrected chi connectivity index (χ4v) is 4.89. The molecule has 1 atom stereocenters. The van der Waals surface area contributed by atoms with Gasteiger partial charge in [0.1, 0.15) is 18.5 Å². The molecule has 0 bridgehead atoms. The highest BCUT2D eigenvalue weighted by Crippen LogP contribution is 2.25. The molecule has 1 saturated heterocycles. The van der Waals surface area contributed by atoms with Gasteiger partial charge in [-0.05, 0) is 42.3 Å². The highest BCUT2D eigenvalue weighted by Gasteiger charge is 2.30. The molecule has 2 N–H and O–H groups in total. The number of anilines is 2. The molecule has 3 amide bonds. The number of hydrogen-bond acceptors (Lipinski definition) is 6. The van der Waals surface area contributed by atoms with Gasteiger partial charge in [-0.25, -0.2) is 4.39 Å². The van der Waals surface area contributed by atoms with Crippen molar-refractivity contribution in [3.63, 3.8) is 0 Å². The summed E-state index contributed by atoms with van der Waals surface area (Å²) in [5, 5.41) is 5.48. The van der Waals surface area contributed by atoms with Crippen LogP contribution in [0.2, 0.25) is 4.34 Å². The van der Waals surface area contributed by atoms with Crippen LogP contribution in [-0.4, -0.2) is 68.1 Å². The van der Waals surface area contributed by atoms with Crippen molar-refractivity contribution in [1.29, 1.82) is 0 Å². The van der Waals surface area contributed by atoms with E-state index in [1.165, 1.54) is 17.0 Å². The van der Waals surface area contributed by atoms with Crippen molar-refractivity contribution in [1.82, 2.24) is 10.2 Å². The maximum atomic E-state index is 15.0. The molecular weight excluding hydrogens is 507 g/mol. The van der Waals surface area contributed by atoms with Crippen molar-refractivity contribution in [2.75, 3.05) is 49.6 Å². The van der Waals surface area contributed by atoms with Crippen molar-refractivity contribution < 1.29 is 23.5 Å². The lowest BCUT2D eigenvalue weighted by Crippen LogP contribution is -2.52. The fraction of sp³-hybridized carbons (Fsp3) is 0.480. The Morgan fingerprint density at radius 3 is 2.61 bits per heavy atom. The van der Waals surface area contributed by atoms with Gasteiger partial charge >= 0.3 is 0 Å². The lowest BCUT2D eigenvalue weighted by Gasteiger charge is -2.35. The van der Waals surface area contributed by atoms with Crippen LogP contribution in [0.3, 0.4) is 0 Å². The molecule has 1 fully saturated rings. The lowest BCUT2D eigenvalue weighted by atomic mass is 9.95. The van der Waals surface area contributed by atoms with Gasteiger partial charge in [-0.3, -0.25) is 19.3 Å². The molecule has 196 valence electrons. The van der Waals surface area contributed by atoms with E-state index in [1.54, 1.807) is 18.2 Å². The minimum absolute atomic E-state index is 0.00219. The minimum atomic E-state index is -0.742. The maximum absolute atomic E-state index is 15.0. The quantitative estimate of drug-likeness (QED) is 0.503. The number of carbonyl (C=O) groups is 3. The average Bonchev–Trinajstić information content (AvgIpc) is 3.25. The summed E-state index contributed by atoms with van der Waals surface area (Å²) in [5.41, 5.74) is 0.287. The predicted molar refractivity (Wildman–Crippen MR) is 140 cm³/mol. The van der Waals surface area contributed by atoms with Crippen LogP contribution in [0.25, 0.3) is 0 Å². The van der Waals surface area contributed by atoms with Gasteiger partial charge in [0.25, 0.3) is 11.8 Å². The molecule has 2 aromatic rings. The molecule has 0 unspecified atom stereocenters. The first-order valence-corrected chi connectivity index (χ1v) is 12.9. The van der Waals surface area contributed by atoms with Crippen molar-refractivity contribution >= 4 is 52.0 Å². The molecule has 1 aromatic carbocycles. The van der Waals surface area contributed by atoms with E-state index >= 15 is 0 Å². The maximum Gasteiger partial charge on any atom is 0.261 e. The number of thiophene rings is 1. The molecule has 36 heavy (non-hydrogen) atoms. The Morgan fingerprint density at radius 2 is 2.03 bits per heavy atom. The molecule has 0 spiro atoms. The van der Waals surface area contributed by atoms with Gasteiger partial charge < -0.3 is 20.3 Å². The van der Waals surface area contributed by atoms with Crippen LogP contribution in [0.5, 0.6) is 0 Å². The Balaban J connectivity index is 1.77. The topological polar surface area (TPSA) is 91.0 Å². The molecule has 8 nitrogen and oxygen atoms in total. The highest BCUT2D eigenvalue weighted by atomic mass is 35.5. The SMILES string of the molecule is CCN(CC(C)(C)C)[C@H](CNC(=O)c1ccc(Cl)s1)C(=O)Nc1ccc(N2CCOCC2=O)cc1F. The number of halogens is 2. The number of nitrogens with one attached hydrogen (secondary N) is 2. The molecule has 1 aliphatic heterocycles. The van der Waals surface area contributed by atoms with Crippen LogP contribution in [0.15, 0.2) is 30.3 Å². The summed E-state index contributed by atoms with van der Waals surface area (Å²) >= 11 is 7.09. The van der Waals surface area contributed by atoms with Crippen LogP contribution in [0.4, 0.5) is 15.8 Å². The molecule has 3 rings (SSSR count). The van der Waals surface area contributed by atoms with Crippen LogP contribution < -0.4 is 15.5 Å². The second-order valence-electron chi connectivity index (χ2n) is 9.70. The summed E-state index contributed by atoms with van der Waals surface area (Å²) in [6.07, 6.45) is 0. The summed E-state index contributed by atoms with van der Waals surface area (Å²) in [6.45, 7) is 9.93. The van der Waals surface area contributed by atoms with Crippen molar-refractivity contribution in [2.45, 2.75) is 33.7 Å². The van der Waals surface area contributed by atoms with E-state index in [-0.39, 0.29) is 36.1 Å². The predicted octanol–water partition coefficient (Wildman–Crippen LogP) is 4.01. The number of hydrogen-bond donors (Lipinski definition) is 2. The number of morpholine rings is 1. The van der Waals surface area contributed by atoms with Crippen LogP contribution in [-0.2, 0) is 14.3 Å². The van der Waals surface area contributed by atoms with Crippen molar-refractivity contribution in [3.05, 3.63) is 45.4 Å². The molecule has 1 aromatic heterocycles. The zero-order valence-electron chi connectivity index (χ0n) is 20.9. The average molecular weight is 539 g/mol. The zero-order chi connectivity index (χ0) is 26.5. The fourth-order valence-electron chi connectivity index (χ4n) is 3.93. The van der Waals surface area contributed by atoms with Gasteiger partial charge in [0, 0.05) is 25.3 Å². The first-order valence-electron chi connectivity index (χ1n) is 11.7. The van der Waals surface area contributed by atoms with Gasteiger partial charge in [-0.2, -0.15) is 0 Å². The Bertz CT molecular complexity index is 1100. The van der Waals surface area contributed by atoms with Crippen LogP contribution in [0.1, 0.15) is 37.4 Å². The third kappa shape index (κ3) is 7.49. The lowest BCUT2D eigenvalue weighted by molar-refractivity contribution is -0.125. The standard InChI is InChI=1S/C25H32ClFN4O4S/c1-5-30(15-25(2,3)4)19(13-28-24(34)20-8-9-21(26)36-20)23(33)29-18-7-6-16(12-17(18)27)31-10-11-35-14-22(31)32/h6-9,12,19H,5,10-11,13-15H2,1-4H3,(H,28,34)(H,29,33)/t19-/m1/s1. The number of ether oxygens (including phenoxy) is 1. The Labute approximate surface area is 219 Å². The van der Waals surface area contributed by atoms with Crippen LogP contribution in [0, 0.1) is 11.2 Å². The second kappa shape index (κ2) is 12.1. The van der Waals surface area contributed by atoms with E-state index in [1.807, 2.05) is 11.8 Å². The molecule has 0 radical (unpaired) electrons. The summed E-state index contributed by atoms with van der Waals surface area (Å²) in [5.74, 6) is -1.68. The largest absolute Gasteiger partial charge is 0.370 e. The van der Waals surface area contributed by atoms with Gasteiger partial charge in [-0.15, -0.1) is 11.3 Å². The van der Waals surface area contributed by atoms with Crippen molar-refractivity contribution in [2.24, 2.45) is 5.41 Å². The van der Waals surface area contributed by atoms with Gasteiger partial charge in [0.2, 0.25) is 5.91 Å². The third-order valence-corrected chi connectivity index (χ3v) is 6.82. The number of nitrogens with zero attached hydrogens (tertiary/aromatic N) is 2. The minimum Gasteiger partial charge on any atom is -0.370 e. The number of rotatable bonds is 9. The van der Waals surface area contributed by atoms with Crippen LogP contribution >= 0.6 is 22.9 Å². The number of benzene rings is 1. The van der Waals surface area contributed by atoms with Gasteiger partial charge in [0.15, 0.2) is 0 Å². The van der Waals surface area contributed by atoms with Gasteiger partial charge in [0.05, 0.1) is 21.5 Å². The summed E-state index contributed by atoms with van der Waals surface area (Å²) in [4.78, 5) is 41.9. The number of amides is 3. The Kier molecular flexibility index (Phi) is 9.46. The van der Waals surface area contributed by atoms with E-state index in [9.17, 15) is 18.8 Å². The molecule has 11 heteroatoms. The molecule has 0 aliphatic carbocycles.